The van der Waals surface area contributed by atoms with Crippen LogP contribution in [0.3, 0.4) is 0 Å². The molecule has 1 aromatic rings. The molecule has 0 unspecified atom stereocenters. The van der Waals surface area contributed by atoms with E-state index in [1.54, 1.807) is 19.2 Å². The van der Waals surface area contributed by atoms with E-state index in [9.17, 15) is 14.4 Å². The van der Waals surface area contributed by atoms with Gasteiger partial charge in [0, 0.05) is 19.2 Å². The molecule has 1 aromatic carbocycles. The molecule has 3 N–H and O–H groups in total. The minimum absolute atomic E-state index is 0.105. The fraction of sp³-hybridized carbons (Fsp3) is 0.133. The van der Waals surface area contributed by atoms with Gasteiger partial charge < -0.3 is 15.8 Å². The van der Waals surface area contributed by atoms with Gasteiger partial charge in [0.2, 0.25) is 11.6 Å². The lowest BCUT2D eigenvalue weighted by Gasteiger charge is -2.24. The average Bonchev–Trinajstić information content (AvgIpc) is 2.50. The zero-order valence-corrected chi connectivity index (χ0v) is 13.2. The molecule has 0 aliphatic heterocycles. The molecule has 0 aromatic heterocycles. The van der Waals surface area contributed by atoms with Crippen LogP contribution in [-0.2, 0) is 14.3 Å². The number of nitrogens with two attached hydrogens (primary N) is 1. The number of amides is 2. The van der Waals surface area contributed by atoms with E-state index in [-0.39, 0.29) is 17.1 Å². The maximum absolute atomic E-state index is 12.2. The molecule has 1 aliphatic rings. The molecule has 0 heterocycles. The van der Waals surface area contributed by atoms with Gasteiger partial charge in [0.05, 0.1) is 23.5 Å². The first-order chi connectivity index (χ1) is 10.9. The Balaban J connectivity index is 2.48. The smallest absolute Gasteiger partial charge is 0.324 e. The predicted molar refractivity (Wildman–Crippen MR) is 86.3 cm³/mol. The minimum Gasteiger partial charge on any atom is -0.493 e. The van der Waals surface area contributed by atoms with Crippen molar-refractivity contribution >= 4 is 40.6 Å². The Bertz CT molecular complexity index is 755. The number of ketones is 2. The second-order valence-electron chi connectivity index (χ2n) is 4.56. The molecule has 0 radical (unpaired) electrons. The molecule has 0 bridgehead atoms. The number of anilines is 2. The van der Waals surface area contributed by atoms with E-state index < -0.39 is 17.6 Å². The van der Waals surface area contributed by atoms with E-state index in [0.29, 0.717) is 10.7 Å². The molecule has 0 spiro atoms. The van der Waals surface area contributed by atoms with Gasteiger partial charge in [0.1, 0.15) is 5.70 Å². The van der Waals surface area contributed by atoms with Gasteiger partial charge in [-0.05, 0) is 18.2 Å². The fourth-order valence-corrected chi connectivity index (χ4v) is 2.37. The summed E-state index contributed by atoms with van der Waals surface area (Å²) in [7, 11) is 2.97. The number of nitrogens with zero attached hydrogens (tertiary/aromatic N) is 1. The Labute approximate surface area is 137 Å². The number of primary amides is 1. The lowest BCUT2D eigenvalue weighted by Crippen LogP contribution is -2.39. The van der Waals surface area contributed by atoms with Gasteiger partial charge >= 0.3 is 6.03 Å². The monoisotopic (exact) mass is 335 g/mol. The second kappa shape index (κ2) is 6.53. The summed E-state index contributed by atoms with van der Waals surface area (Å²) in [6, 6.07) is 3.72. The highest BCUT2D eigenvalue weighted by Gasteiger charge is 2.29. The number of benzene rings is 1. The first-order valence-electron chi connectivity index (χ1n) is 6.52. The molecule has 0 fully saturated rings. The van der Waals surface area contributed by atoms with Crippen LogP contribution < -0.4 is 16.0 Å². The number of methoxy groups -OCH3 is 1. The lowest BCUT2D eigenvalue weighted by molar-refractivity contribution is -0.117. The summed E-state index contributed by atoms with van der Waals surface area (Å²) in [5.41, 5.74) is 6.10. The third-order valence-corrected chi connectivity index (χ3v) is 3.50. The largest absolute Gasteiger partial charge is 0.493 e. The van der Waals surface area contributed by atoms with E-state index in [2.05, 4.69) is 5.32 Å². The predicted octanol–water partition coefficient (Wildman–Crippen LogP) is 1.83. The number of nitrogens with one attached hydrogen (secondary N) is 1. The van der Waals surface area contributed by atoms with Crippen LogP contribution in [-0.4, -0.2) is 31.8 Å². The number of hydrogen-bond donors (Lipinski definition) is 2. The normalized spacial score (nSPS) is 14.0. The van der Waals surface area contributed by atoms with Gasteiger partial charge in [-0.25, -0.2) is 4.79 Å². The van der Waals surface area contributed by atoms with E-state index in [1.807, 2.05) is 0 Å². The van der Waals surface area contributed by atoms with Crippen LogP contribution in [0.2, 0.25) is 5.02 Å². The topological polar surface area (TPSA) is 102 Å². The number of halogens is 1. The van der Waals surface area contributed by atoms with Crippen molar-refractivity contribution in [2.75, 3.05) is 24.4 Å². The summed E-state index contributed by atoms with van der Waals surface area (Å²) in [5.74, 6) is -1.22. The number of urea groups is 1. The molecule has 1 aliphatic carbocycles. The number of ether oxygens (including phenoxy) is 1. The van der Waals surface area contributed by atoms with Crippen LogP contribution in [0.1, 0.15) is 0 Å². The molecule has 2 amide bonds. The van der Waals surface area contributed by atoms with Gasteiger partial charge in [0.25, 0.3) is 0 Å². The second-order valence-corrected chi connectivity index (χ2v) is 4.97. The maximum Gasteiger partial charge on any atom is 0.324 e. The molecule has 8 heteroatoms. The minimum atomic E-state index is -0.917. The van der Waals surface area contributed by atoms with E-state index in [1.165, 1.54) is 13.2 Å². The highest BCUT2D eigenvalue weighted by molar-refractivity contribution is 6.33. The average molecular weight is 336 g/mol. The summed E-state index contributed by atoms with van der Waals surface area (Å²) in [6.07, 6.45) is 2.02. The molecular weight excluding hydrogens is 322 g/mol. The Morgan fingerprint density at radius 3 is 2.48 bits per heavy atom. The van der Waals surface area contributed by atoms with Crippen LogP contribution in [0.25, 0.3) is 0 Å². The summed E-state index contributed by atoms with van der Waals surface area (Å²) in [6.45, 7) is 0. The van der Waals surface area contributed by atoms with Crippen molar-refractivity contribution in [1.82, 2.24) is 0 Å². The summed E-state index contributed by atoms with van der Waals surface area (Å²) >= 11 is 6.08. The van der Waals surface area contributed by atoms with Crippen molar-refractivity contribution in [3.63, 3.8) is 0 Å². The molecule has 0 saturated heterocycles. The molecule has 0 saturated carbocycles. The summed E-state index contributed by atoms with van der Waals surface area (Å²) < 4.78 is 4.80. The van der Waals surface area contributed by atoms with Crippen molar-refractivity contribution in [3.8, 4) is 0 Å². The van der Waals surface area contributed by atoms with E-state index in [0.717, 1.165) is 17.1 Å². The highest BCUT2D eigenvalue weighted by atomic mass is 35.5. The Morgan fingerprint density at radius 1 is 1.26 bits per heavy atom. The van der Waals surface area contributed by atoms with E-state index in [4.69, 9.17) is 22.1 Å². The standard InChI is InChI=1S/C15H14ClN3O4/c1-18-10-4-3-8(5-9(10)16)19(15(17)22)11-6-13(21)14(23-2)7-12(11)20/h3-7,18H,1-2H3,(H2,17,22). The van der Waals surface area contributed by atoms with Crippen LogP contribution >= 0.6 is 11.6 Å². The van der Waals surface area contributed by atoms with Gasteiger partial charge in [0.15, 0.2) is 5.76 Å². The van der Waals surface area contributed by atoms with Gasteiger partial charge in [-0.3, -0.25) is 14.5 Å². The molecule has 7 nitrogen and oxygen atoms in total. The zero-order valence-electron chi connectivity index (χ0n) is 12.4. The van der Waals surface area contributed by atoms with Crippen LogP contribution in [0.5, 0.6) is 0 Å². The fourth-order valence-electron chi connectivity index (χ4n) is 2.10. The van der Waals surface area contributed by atoms with Gasteiger partial charge in [-0.15, -0.1) is 0 Å². The van der Waals surface area contributed by atoms with Crippen LogP contribution in [0.15, 0.2) is 41.8 Å². The molecular formula is C15H14ClN3O4. The number of allylic oxidation sites excluding steroid dienone is 2. The van der Waals surface area contributed by atoms with Crippen molar-refractivity contribution in [2.45, 2.75) is 0 Å². The molecule has 2 rings (SSSR count). The van der Waals surface area contributed by atoms with E-state index >= 15 is 0 Å². The Hall–Kier alpha value is -2.80. The maximum atomic E-state index is 12.2. The Kier molecular flexibility index (Phi) is 4.71. The lowest BCUT2D eigenvalue weighted by atomic mass is 10.1. The van der Waals surface area contributed by atoms with Crippen molar-refractivity contribution in [1.29, 1.82) is 0 Å². The number of rotatable bonds is 4. The van der Waals surface area contributed by atoms with Crippen molar-refractivity contribution in [3.05, 3.63) is 46.8 Å². The molecule has 0 atom stereocenters. The first kappa shape index (κ1) is 16.6. The third-order valence-electron chi connectivity index (χ3n) is 3.19. The van der Waals surface area contributed by atoms with Crippen LogP contribution in [0, 0.1) is 0 Å². The number of carbonyl (C=O) groups is 3. The molecule has 23 heavy (non-hydrogen) atoms. The van der Waals surface area contributed by atoms with Gasteiger partial charge in [-0.1, -0.05) is 11.6 Å². The zero-order chi connectivity index (χ0) is 17.1. The SMILES string of the molecule is CNc1ccc(N(C(N)=O)C2=CC(=O)C(OC)=CC2=O)cc1Cl. The number of carbonyl (C=O) groups excluding carboxylic acids is 3. The van der Waals surface area contributed by atoms with Crippen LogP contribution in [0.4, 0.5) is 16.2 Å². The summed E-state index contributed by atoms with van der Waals surface area (Å²) in [5, 5.41) is 3.20. The van der Waals surface area contributed by atoms with Crippen molar-refractivity contribution < 1.29 is 19.1 Å². The Morgan fingerprint density at radius 2 is 1.96 bits per heavy atom. The van der Waals surface area contributed by atoms with Crippen molar-refractivity contribution in [2.24, 2.45) is 5.73 Å². The number of hydrogen-bond acceptors (Lipinski definition) is 5. The summed E-state index contributed by atoms with van der Waals surface area (Å²) in [4.78, 5) is 36.8. The quantitative estimate of drug-likeness (QED) is 0.817. The highest BCUT2D eigenvalue weighted by Crippen LogP contribution is 2.30. The first-order valence-corrected chi connectivity index (χ1v) is 6.89. The molecule has 120 valence electrons. The third kappa shape index (κ3) is 3.19. The van der Waals surface area contributed by atoms with Gasteiger partial charge in [-0.2, -0.15) is 0 Å².